The number of nitrogens with one attached hydrogen (secondary N) is 1. The zero-order valence-electron chi connectivity index (χ0n) is 7.01. The van der Waals surface area contributed by atoms with Gasteiger partial charge in [-0.3, -0.25) is 0 Å². The van der Waals surface area contributed by atoms with Crippen molar-refractivity contribution < 1.29 is 0 Å². The van der Waals surface area contributed by atoms with E-state index in [1.165, 1.54) is 0 Å². The fourth-order valence-electron chi connectivity index (χ4n) is 1.21. The van der Waals surface area contributed by atoms with E-state index in [1.807, 2.05) is 41.2 Å². The largest absolute Gasteiger partial charge is 0.321 e. The van der Waals surface area contributed by atoms with Crippen molar-refractivity contribution >= 4 is 5.82 Å². The third kappa shape index (κ3) is 1.39. The molecule has 66 valence electrons. The van der Waals surface area contributed by atoms with Crippen LogP contribution >= 0.6 is 0 Å². The number of aromatic nitrogens is 2. The lowest BCUT2D eigenvalue weighted by Gasteiger charge is -2.07. The number of nitrogen functional groups attached to an aromatic ring is 1. The molecule has 0 saturated heterocycles. The van der Waals surface area contributed by atoms with Crippen LogP contribution in [0.3, 0.4) is 0 Å². The van der Waals surface area contributed by atoms with E-state index in [4.69, 9.17) is 5.84 Å². The van der Waals surface area contributed by atoms with Crippen molar-refractivity contribution in [2.24, 2.45) is 5.84 Å². The number of nitrogens with two attached hydrogens (primary N) is 1. The van der Waals surface area contributed by atoms with Gasteiger partial charge in [0.1, 0.15) is 0 Å². The van der Waals surface area contributed by atoms with Crippen LogP contribution in [0.4, 0.5) is 5.82 Å². The molecule has 3 N–H and O–H groups in total. The third-order valence-electron chi connectivity index (χ3n) is 1.81. The highest BCUT2D eigenvalue weighted by atomic mass is 15.3. The summed E-state index contributed by atoms with van der Waals surface area (Å²) in [6.07, 6.45) is 5.58. The predicted octanol–water partition coefficient (Wildman–Crippen LogP) is 1.16. The zero-order chi connectivity index (χ0) is 9.10. The lowest BCUT2D eigenvalue weighted by molar-refractivity contribution is 1.05. The Kier molecular flexibility index (Phi) is 1.97. The van der Waals surface area contributed by atoms with Crippen molar-refractivity contribution in [3.8, 4) is 5.69 Å². The van der Waals surface area contributed by atoms with Gasteiger partial charge < -0.3 is 9.99 Å². The molecule has 2 rings (SSSR count). The first-order chi connectivity index (χ1) is 6.42. The van der Waals surface area contributed by atoms with Gasteiger partial charge in [-0.05, 0) is 24.3 Å². The number of nitrogens with zero attached hydrogens (tertiary/aromatic N) is 2. The molecular weight excluding hydrogens is 164 g/mol. The van der Waals surface area contributed by atoms with E-state index < -0.39 is 0 Å². The SMILES string of the molecule is NNc1ncccc1-n1cccc1. The number of anilines is 1. The van der Waals surface area contributed by atoms with Crippen LogP contribution in [0.15, 0.2) is 42.9 Å². The summed E-state index contributed by atoms with van der Waals surface area (Å²) in [7, 11) is 0. The molecular formula is C9H10N4. The number of rotatable bonds is 2. The molecule has 0 saturated carbocycles. The summed E-state index contributed by atoms with van der Waals surface area (Å²) in [6, 6.07) is 7.72. The molecule has 0 aromatic carbocycles. The highest BCUT2D eigenvalue weighted by Gasteiger charge is 2.01. The van der Waals surface area contributed by atoms with Gasteiger partial charge in [0.25, 0.3) is 0 Å². The van der Waals surface area contributed by atoms with Crippen molar-refractivity contribution in [2.75, 3.05) is 5.43 Å². The maximum absolute atomic E-state index is 5.33. The van der Waals surface area contributed by atoms with E-state index in [0.717, 1.165) is 5.69 Å². The lowest BCUT2D eigenvalue weighted by atomic mass is 10.4. The van der Waals surface area contributed by atoms with Gasteiger partial charge in [0.15, 0.2) is 5.82 Å². The minimum atomic E-state index is 0.665. The van der Waals surface area contributed by atoms with Crippen molar-refractivity contribution in [1.29, 1.82) is 0 Å². The standard InChI is InChI=1S/C9H10N4/c10-12-9-8(4-3-5-11-9)13-6-1-2-7-13/h1-7H,10H2,(H,11,12). The van der Waals surface area contributed by atoms with E-state index in [9.17, 15) is 0 Å². The smallest absolute Gasteiger partial charge is 0.164 e. The van der Waals surface area contributed by atoms with E-state index in [-0.39, 0.29) is 0 Å². The molecule has 0 atom stereocenters. The van der Waals surface area contributed by atoms with Crippen LogP contribution in [0, 0.1) is 0 Å². The monoisotopic (exact) mass is 174 g/mol. The van der Waals surface area contributed by atoms with Crippen molar-refractivity contribution in [2.45, 2.75) is 0 Å². The van der Waals surface area contributed by atoms with Gasteiger partial charge in [0.2, 0.25) is 0 Å². The Labute approximate surface area is 76.0 Å². The van der Waals surface area contributed by atoms with Gasteiger partial charge in [0, 0.05) is 18.6 Å². The van der Waals surface area contributed by atoms with Crippen LogP contribution in [-0.2, 0) is 0 Å². The Morgan fingerprint density at radius 1 is 1.23 bits per heavy atom. The van der Waals surface area contributed by atoms with Gasteiger partial charge in [0.05, 0.1) is 5.69 Å². The average Bonchev–Trinajstić information content (AvgIpc) is 2.70. The summed E-state index contributed by atoms with van der Waals surface area (Å²) in [4.78, 5) is 4.10. The third-order valence-corrected chi connectivity index (χ3v) is 1.81. The number of hydrazine groups is 1. The maximum Gasteiger partial charge on any atom is 0.164 e. The summed E-state index contributed by atoms with van der Waals surface area (Å²) >= 11 is 0. The first-order valence-electron chi connectivity index (χ1n) is 3.97. The molecule has 0 amide bonds. The van der Waals surface area contributed by atoms with E-state index >= 15 is 0 Å². The van der Waals surface area contributed by atoms with Gasteiger partial charge in [-0.2, -0.15) is 0 Å². The second-order valence-electron chi connectivity index (χ2n) is 2.61. The Hall–Kier alpha value is -1.81. The molecule has 0 radical (unpaired) electrons. The summed E-state index contributed by atoms with van der Waals surface area (Å²) < 4.78 is 1.95. The fraction of sp³-hybridized carbons (Fsp3) is 0. The molecule has 2 heterocycles. The fourth-order valence-corrected chi connectivity index (χ4v) is 1.21. The molecule has 4 heteroatoms. The Morgan fingerprint density at radius 3 is 2.69 bits per heavy atom. The summed E-state index contributed by atoms with van der Waals surface area (Å²) in [6.45, 7) is 0. The Balaban J connectivity index is 2.51. The first-order valence-corrected chi connectivity index (χ1v) is 3.97. The highest BCUT2D eigenvalue weighted by molar-refractivity contribution is 5.54. The van der Waals surface area contributed by atoms with Crippen molar-refractivity contribution in [1.82, 2.24) is 9.55 Å². The van der Waals surface area contributed by atoms with Crippen LogP contribution in [-0.4, -0.2) is 9.55 Å². The quantitative estimate of drug-likeness (QED) is 0.530. The van der Waals surface area contributed by atoms with Crippen LogP contribution in [0.2, 0.25) is 0 Å². The van der Waals surface area contributed by atoms with Gasteiger partial charge >= 0.3 is 0 Å². The summed E-state index contributed by atoms with van der Waals surface area (Å²) in [5.41, 5.74) is 3.49. The minimum absolute atomic E-state index is 0.665. The molecule has 13 heavy (non-hydrogen) atoms. The Morgan fingerprint density at radius 2 is 2.00 bits per heavy atom. The maximum atomic E-state index is 5.33. The first kappa shape index (κ1) is 7.82. The molecule has 0 spiro atoms. The van der Waals surface area contributed by atoms with Gasteiger partial charge in [-0.1, -0.05) is 0 Å². The van der Waals surface area contributed by atoms with Gasteiger partial charge in [-0.25, -0.2) is 10.8 Å². The minimum Gasteiger partial charge on any atom is -0.321 e. The zero-order valence-corrected chi connectivity index (χ0v) is 7.01. The normalized spacial score (nSPS) is 9.92. The number of pyridine rings is 1. The topological polar surface area (TPSA) is 55.9 Å². The van der Waals surface area contributed by atoms with Crippen molar-refractivity contribution in [3.05, 3.63) is 42.9 Å². The van der Waals surface area contributed by atoms with E-state index in [0.29, 0.717) is 5.82 Å². The molecule has 0 aliphatic carbocycles. The molecule has 0 bridgehead atoms. The van der Waals surface area contributed by atoms with Crippen LogP contribution < -0.4 is 11.3 Å². The second-order valence-corrected chi connectivity index (χ2v) is 2.61. The molecule has 0 unspecified atom stereocenters. The summed E-state index contributed by atoms with van der Waals surface area (Å²) in [5, 5.41) is 0. The second kappa shape index (κ2) is 3.28. The molecule has 0 aliphatic heterocycles. The van der Waals surface area contributed by atoms with Crippen LogP contribution in [0.25, 0.3) is 5.69 Å². The van der Waals surface area contributed by atoms with E-state index in [2.05, 4.69) is 10.4 Å². The average molecular weight is 174 g/mol. The van der Waals surface area contributed by atoms with Crippen LogP contribution in [0.1, 0.15) is 0 Å². The van der Waals surface area contributed by atoms with Gasteiger partial charge in [-0.15, -0.1) is 0 Å². The molecule has 4 nitrogen and oxygen atoms in total. The van der Waals surface area contributed by atoms with E-state index in [1.54, 1.807) is 6.20 Å². The summed E-state index contributed by atoms with van der Waals surface area (Å²) in [5.74, 6) is 6.00. The lowest BCUT2D eigenvalue weighted by Crippen LogP contribution is -2.11. The highest BCUT2D eigenvalue weighted by Crippen LogP contribution is 2.15. The predicted molar refractivity (Wildman–Crippen MR) is 51.4 cm³/mol. The molecule has 2 aromatic rings. The van der Waals surface area contributed by atoms with Crippen LogP contribution in [0.5, 0.6) is 0 Å². The molecule has 0 fully saturated rings. The Bertz CT molecular complexity index is 380. The number of hydrogen-bond acceptors (Lipinski definition) is 3. The molecule has 0 aliphatic rings. The molecule has 2 aromatic heterocycles. The van der Waals surface area contributed by atoms with Crippen molar-refractivity contribution in [3.63, 3.8) is 0 Å². The number of hydrogen-bond donors (Lipinski definition) is 2.